The average Bonchev–Trinajstić information content (AvgIpc) is 3.26. The summed E-state index contributed by atoms with van der Waals surface area (Å²) in [6.07, 6.45) is 0. The number of aromatic nitrogens is 3. The number of thioether (sulfide) groups is 1. The van der Waals surface area contributed by atoms with Gasteiger partial charge in [-0.05, 0) is 48.9 Å². The molecule has 33 heavy (non-hydrogen) atoms. The number of nitrogens with one attached hydrogen (secondary N) is 1. The highest BCUT2D eigenvalue weighted by atomic mass is 35.5. The van der Waals surface area contributed by atoms with Gasteiger partial charge in [0.05, 0.1) is 17.9 Å². The molecule has 0 aliphatic rings. The first-order valence-corrected chi connectivity index (χ1v) is 11.7. The van der Waals surface area contributed by atoms with Crippen LogP contribution in [0.15, 0.2) is 84.0 Å². The molecule has 0 bridgehead atoms. The molecule has 0 aliphatic carbocycles. The van der Waals surface area contributed by atoms with Crippen LogP contribution in [0.2, 0.25) is 5.02 Å². The zero-order valence-corrected chi connectivity index (χ0v) is 19.8. The molecule has 4 rings (SSSR count). The van der Waals surface area contributed by atoms with E-state index in [-0.39, 0.29) is 11.2 Å². The fourth-order valence-corrected chi connectivity index (χ4v) is 4.33. The second-order valence-electron chi connectivity index (χ2n) is 7.28. The monoisotopic (exact) mass is 478 g/mol. The van der Waals surface area contributed by atoms with Crippen LogP contribution in [-0.2, 0) is 11.3 Å². The molecule has 1 unspecified atom stereocenters. The van der Waals surface area contributed by atoms with Crippen molar-refractivity contribution in [3.8, 4) is 22.8 Å². The summed E-state index contributed by atoms with van der Waals surface area (Å²) >= 11 is 7.45. The summed E-state index contributed by atoms with van der Waals surface area (Å²) in [6, 6.07) is 24.9. The summed E-state index contributed by atoms with van der Waals surface area (Å²) in [7, 11) is 1.62. The number of halogens is 1. The molecule has 168 valence electrons. The maximum atomic E-state index is 12.8. The molecule has 1 heterocycles. The van der Waals surface area contributed by atoms with Gasteiger partial charge in [-0.1, -0.05) is 65.8 Å². The van der Waals surface area contributed by atoms with Crippen LogP contribution in [0.4, 0.5) is 0 Å². The molecule has 0 saturated carbocycles. The fraction of sp³-hybridized carbons (Fsp3) is 0.160. The number of carbonyl (C=O) groups is 1. The van der Waals surface area contributed by atoms with E-state index >= 15 is 0 Å². The van der Waals surface area contributed by atoms with Gasteiger partial charge >= 0.3 is 0 Å². The first-order chi connectivity index (χ1) is 16.1. The van der Waals surface area contributed by atoms with Gasteiger partial charge in [0.2, 0.25) is 5.91 Å². The lowest BCUT2D eigenvalue weighted by atomic mass is 10.2. The number of benzene rings is 3. The predicted octanol–water partition coefficient (Wildman–Crippen LogP) is 5.39. The lowest BCUT2D eigenvalue weighted by Crippen LogP contribution is -2.30. The molecule has 6 nitrogen and oxygen atoms in total. The van der Waals surface area contributed by atoms with Gasteiger partial charge in [-0.25, -0.2) is 0 Å². The van der Waals surface area contributed by atoms with E-state index in [2.05, 4.69) is 15.5 Å². The van der Waals surface area contributed by atoms with Gasteiger partial charge < -0.3 is 10.1 Å². The summed E-state index contributed by atoms with van der Waals surface area (Å²) in [5, 5.41) is 12.7. The number of hydrogen-bond acceptors (Lipinski definition) is 5. The second kappa shape index (κ2) is 10.6. The molecule has 0 saturated heterocycles. The van der Waals surface area contributed by atoms with E-state index in [9.17, 15) is 4.79 Å². The van der Waals surface area contributed by atoms with E-state index in [0.717, 1.165) is 16.8 Å². The average molecular weight is 479 g/mol. The van der Waals surface area contributed by atoms with Crippen molar-refractivity contribution in [3.05, 3.63) is 89.4 Å². The van der Waals surface area contributed by atoms with Gasteiger partial charge in [-0.3, -0.25) is 9.36 Å². The Morgan fingerprint density at radius 2 is 1.73 bits per heavy atom. The minimum atomic E-state index is -0.380. The Labute approximate surface area is 202 Å². The molecule has 1 aromatic heterocycles. The molecule has 1 amide bonds. The minimum absolute atomic E-state index is 0.0756. The Hall–Kier alpha value is -3.29. The topological polar surface area (TPSA) is 69.0 Å². The normalized spacial score (nSPS) is 11.7. The van der Waals surface area contributed by atoms with E-state index in [0.29, 0.717) is 28.3 Å². The first kappa shape index (κ1) is 22.9. The third-order valence-electron chi connectivity index (χ3n) is 5.03. The van der Waals surface area contributed by atoms with Crippen LogP contribution in [0.1, 0.15) is 12.5 Å². The SMILES string of the molecule is COc1ccccc1-c1nnc(SC(C)C(=O)NCc2ccccc2)n1-c1ccc(Cl)cc1. The number of carbonyl (C=O) groups excluding carboxylic acids is 1. The number of nitrogens with zero attached hydrogens (tertiary/aromatic N) is 3. The molecule has 0 spiro atoms. The van der Waals surface area contributed by atoms with Crippen LogP contribution in [0.5, 0.6) is 5.75 Å². The zero-order valence-electron chi connectivity index (χ0n) is 18.2. The summed E-state index contributed by atoms with van der Waals surface area (Å²) in [5.74, 6) is 1.23. The van der Waals surface area contributed by atoms with Crippen LogP contribution in [0.3, 0.4) is 0 Å². The highest BCUT2D eigenvalue weighted by Gasteiger charge is 2.23. The molecule has 1 atom stereocenters. The molecule has 8 heteroatoms. The van der Waals surface area contributed by atoms with Crippen molar-refractivity contribution in [2.75, 3.05) is 7.11 Å². The lowest BCUT2D eigenvalue weighted by Gasteiger charge is -2.15. The molecular weight excluding hydrogens is 456 g/mol. The Morgan fingerprint density at radius 1 is 1.03 bits per heavy atom. The Kier molecular flexibility index (Phi) is 7.32. The van der Waals surface area contributed by atoms with Gasteiger partial charge in [-0.2, -0.15) is 0 Å². The van der Waals surface area contributed by atoms with Crippen LogP contribution in [-0.4, -0.2) is 33.0 Å². The molecule has 0 aliphatic heterocycles. The maximum Gasteiger partial charge on any atom is 0.233 e. The second-order valence-corrected chi connectivity index (χ2v) is 9.03. The predicted molar refractivity (Wildman–Crippen MR) is 132 cm³/mol. The van der Waals surface area contributed by atoms with E-state index in [4.69, 9.17) is 16.3 Å². The smallest absolute Gasteiger partial charge is 0.233 e. The standard InChI is InChI=1S/C25H23ClN4O2S/c1-17(24(31)27-16-18-8-4-3-5-9-18)33-25-29-28-23(21-10-6-7-11-22(21)32-2)30(25)20-14-12-19(26)13-15-20/h3-15,17H,16H2,1-2H3,(H,27,31). The van der Waals surface area contributed by atoms with Crippen LogP contribution in [0, 0.1) is 0 Å². The summed E-state index contributed by atoms with van der Waals surface area (Å²) in [4.78, 5) is 12.8. The molecule has 0 fully saturated rings. The third-order valence-corrected chi connectivity index (χ3v) is 6.32. The van der Waals surface area contributed by atoms with Crippen molar-refractivity contribution >= 4 is 29.3 Å². The van der Waals surface area contributed by atoms with Gasteiger partial charge in [-0.15, -0.1) is 10.2 Å². The fourth-order valence-electron chi connectivity index (χ4n) is 3.31. The van der Waals surface area contributed by atoms with Crippen molar-refractivity contribution in [1.82, 2.24) is 20.1 Å². The zero-order chi connectivity index (χ0) is 23.2. The van der Waals surface area contributed by atoms with E-state index in [1.54, 1.807) is 7.11 Å². The molecule has 0 radical (unpaired) electrons. The summed E-state index contributed by atoms with van der Waals surface area (Å²) in [6.45, 7) is 2.33. The van der Waals surface area contributed by atoms with Crippen LogP contribution < -0.4 is 10.1 Å². The van der Waals surface area contributed by atoms with Gasteiger partial charge in [0.15, 0.2) is 11.0 Å². The minimum Gasteiger partial charge on any atom is -0.496 e. The Bertz CT molecular complexity index is 1230. The van der Waals surface area contributed by atoms with E-state index < -0.39 is 0 Å². The van der Waals surface area contributed by atoms with E-state index in [1.165, 1.54) is 11.8 Å². The van der Waals surface area contributed by atoms with Gasteiger partial charge in [0, 0.05) is 17.3 Å². The largest absolute Gasteiger partial charge is 0.496 e. The highest BCUT2D eigenvalue weighted by Crippen LogP contribution is 2.34. The van der Waals surface area contributed by atoms with Crippen molar-refractivity contribution in [3.63, 3.8) is 0 Å². The summed E-state index contributed by atoms with van der Waals surface area (Å²) < 4.78 is 7.46. The van der Waals surface area contributed by atoms with Crippen molar-refractivity contribution in [2.24, 2.45) is 0 Å². The summed E-state index contributed by atoms with van der Waals surface area (Å²) in [5.41, 5.74) is 2.69. The third kappa shape index (κ3) is 5.38. The number of para-hydroxylation sites is 1. The van der Waals surface area contributed by atoms with Crippen molar-refractivity contribution in [1.29, 1.82) is 0 Å². The van der Waals surface area contributed by atoms with Crippen LogP contribution in [0.25, 0.3) is 17.1 Å². The van der Waals surface area contributed by atoms with Crippen molar-refractivity contribution < 1.29 is 9.53 Å². The first-order valence-electron chi connectivity index (χ1n) is 10.4. The van der Waals surface area contributed by atoms with E-state index in [1.807, 2.05) is 90.4 Å². The number of rotatable bonds is 8. The van der Waals surface area contributed by atoms with Crippen LogP contribution >= 0.6 is 23.4 Å². The molecule has 1 N–H and O–H groups in total. The number of amides is 1. The van der Waals surface area contributed by atoms with Crippen molar-refractivity contribution in [2.45, 2.75) is 23.9 Å². The number of hydrogen-bond donors (Lipinski definition) is 1. The van der Waals surface area contributed by atoms with Gasteiger partial charge in [0.1, 0.15) is 5.75 Å². The Morgan fingerprint density at radius 3 is 2.45 bits per heavy atom. The Balaban J connectivity index is 1.63. The number of methoxy groups -OCH3 is 1. The lowest BCUT2D eigenvalue weighted by molar-refractivity contribution is -0.120. The molecule has 3 aromatic carbocycles. The number of ether oxygens (including phenoxy) is 1. The maximum absolute atomic E-state index is 12.8. The quantitative estimate of drug-likeness (QED) is 0.344. The molecular formula is C25H23ClN4O2S. The highest BCUT2D eigenvalue weighted by molar-refractivity contribution is 8.00. The molecule has 4 aromatic rings. The van der Waals surface area contributed by atoms with Gasteiger partial charge in [0.25, 0.3) is 0 Å².